The van der Waals surface area contributed by atoms with Gasteiger partial charge in [-0.2, -0.15) is 0 Å². The van der Waals surface area contributed by atoms with E-state index < -0.39 is 122 Å². The van der Waals surface area contributed by atoms with Gasteiger partial charge in [-0.05, 0) is 0 Å². The van der Waals surface area contributed by atoms with E-state index in [0.29, 0.717) is 5.39 Å². The van der Waals surface area contributed by atoms with Gasteiger partial charge < -0.3 is 23.7 Å². The molecular formula is C37H46N2O19Se. The van der Waals surface area contributed by atoms with E-state index in [1.165, 1.54) is 0 Å². The first-order valence-electron chi connectivity index (χ1n) is 18.3. The molecule has 1 N–H and O–H groups in total. The molecule has 2 saturated heterocycles. The number of ether oxygens (including phenoxy) is 10. The molecule has 0 radical (unpaired) electrons. The Morgan fingerprint density at radius 1 is 0.627 bits per heavy atom. The van der Waals surface area contributed by atoms with E-state index in [-0.39, 0.29) is 39.7 Å². The number of rotatable bonds is 16. The number of hydrogen-bond donors (Lipinski definition) is 1. The summed E-state index contributed by atoms with van der Waals surface area (Å²) in [4.78, 5) is 112. The van der Waals surface area contributed by atoms with E-state index in [0.717, 1.165) is 52.7 Å². The fraction of sp³-hybridized carbons (Fsp3) is 0.595. The minimum Gasteiger partial charge on any atom is -0.455 e. The third-order valence-electron chi connectivity index (χ3n) is 8.55. The molecule has 2 aliphatic rings. The third-order valence-corrected chi connectivity index (χ3v) is 10.9. The van der Waals surface area contributed by atoms with Gasteiger partial charge in [0, 0.05) is 34.6 Å². The van der Waals surface area contributed by atoms with E-state index in [4.69, 9.17) is 47.4 Å². The number of amides is 1. The second kappa shape index (κ2) is 21.2. The van der Waals surface area contributed by atoms with Gasteiger partial charge in [-0.1, -0.05) is 0 Å². The van der Waals surface area contributed by atoms with Crippen LogP contribution in [0.5, 0.6) is 0 Å². The summed E-state index contributed by atoms with van der Waals surface area (Å²) < 4.78 is 59.1. The molecule has 0 unspecified atom stereocenters. The first-order valence-corrected chi connectivity index (χ1v) is 19.9. The molecule has 4 rings (SSSR count). The van der Waals surface area contributed by atoms with Gasteiger partial charge in [0.1, 0.15) is 12.7 Å². The third kappa shape index (κ3) is 13.2. The standard InChI is InChI=1S/C37H46N2O19Se/c1-17(40)49-15-25-30(58-37-34(55-23(7)46)32(53-21(5)44)29(51-19(3)42)26(57-37)16-50-18(2)41)31(52-20(4)43)33(54-22(6)45)35(56-25)38-28(47)13-10-14-39-36(48)24-11-8-9-12-27(24)59-39/h8-9,11-12,25-26,29-35,37H,10,13-16H2,1-7H3,(H,38,47)/t25-,26-,29+,30-,31+,32+,33-,34-,35-,37+/m1/s1. The van der Waals surface area contributed by atoms with Crippen LogP contribution < -0.4 is 10.9 Å². The molecule has 2 aliphatic heterocycles. The van der Waals surface area contributed by atoms with Crippen LogP contribution in [-0.2, 0) is 92.3 Å². The Bertz CT molecular complexity index is 1940. The van der Waals surface area contributed by atoms with Gasteiger partial charge in [0.2, 0.25) is 0 Å². The van der Waals surface area contributed by atoms with Crippen molar-refractivity contribution in [2.75, 3.05) is 13.2 Å². The minimum absolute atomic E-state index is 0.125. The van der Waals surface area contributed by atoms with Crippen LogP contribution in [0, 0.1) is 0 Å². The predicted molar refractivity (Wildman–Crippen MR) is 196 cm³/mol. The number of carbonyl (C=O) groups excluding carboxylic acids is 8. The summed E-state index contributed by atoms with van der Waals surface area (Å²) in [6.07, 6.45) is -16.2. The van der Waals surface area contributed by atoms with Gasteiger partial charge in [0.25, 0.3) is 0 Å². The van der Waals surface area contributed by atoms with Crippen LogP contribution in [0.15, 0.2) is 29.1 Å². The fourth-order valence-corrected chi connectivity index (χ4v) is 8.57. The molecule has 0 spiro atoms. The number of fused-ring (bicyclic) bond motifs is 1. The zero-order valence-electron chi connectivity index (χ0n) is 33.2. The smallest absolute Gasteiger partial charge is 0.455 e. The van der Waals surface area contributed by atoms with Crippen molar-refractivity contribution in [2.45, 2.75) is 129 Å². The topological polar surface area (TPSA) is 263 Å². The van der Waals surface area contributed by atoms with Crippen LogP contribution >= 0.6 is 0 Å². The molecule has 2 aromatic rings. The van der Waals surface area contributed by atoms with Gasteiger partial charge in [0.15, 0.2) is 18.3 Å². The number of esters is 7. The number of benzene rings is 1. The molecular weight excluding hydrogens is 855 g/mol. The Hall–Kier alpha value is -5.15. The SMILES string of the molecule is CC(=O)OC[C@H]1O[C@@H](O[C@H]2[C@H](OC(C)=O)[C@@H](OC(C)=O)[C@H](NC(=O)CCCn3[se]c4ccccc4c3=O)O[C@@H]2COC(C)=O)[C@H](OC(C)=O)[C@@H](OC(C)=O)[C@H]1OC(C)=O. The Balaban J connectivity index is 1.70. The number of aryl methyl sites for hydroxylation is 1. The van der Waals surface area contributed by atoms with Crippen molar-refractivity contribution < 1.29 is 85.7 Å². The average Bonchev–Trinajstić information content (AvgIpc) is 3.45. The van der Waals surface area contributed by atoms with Gasteiger partial charge >= 0.3 is 230 Å². The Labute approximate surface area is 343 Å². The summed E-state index contributed by atoms with van der Waals surface area (Å²) in [6.45, 7) is 6.35. The molecule has 59 heavy (non-hydrogen) atoms. The van der Waals surface area contributed by atoms with Crippen LogP contribution in [0.3, 0.4) is 0 Å². The molecule has 1 aromatic carbocycles. The van der Waals surface area contributed by atoms with Crippen LogP contribution in [0.25, 0.3) is 9.65 Å². The Morgan fingerprint density at radius 2 is 1.12 bits per heavy atom. The molecule has 324 valence electrons. The van der Waals surface area contributed by atoms with Crippen LogP contribution in [0.4, 0.5) is 0 Å². The first-order chi connectivity index (χ1) is 27.8. The van der Waals surface area contributed by atoms with Crippen LogP contribution in [0.1, 0.15) is 61.3 Å². The van der Waals surface area contributed by atoms with Gasteiger partial charge in [0.05, 0.1) is 0 Å². The molecule has 1 amide bonds. The van der Waals surface area contributed by atoms with Crippen molar-refractivity contribution >= 4 is 72.1 Å². The number of nitrogens with one attached hydrogen (secondary N) is 1. The van der Waals surface area contributed by atoms with Gasteiger partial charge in [-0.15, -0.1) is 0 Å². The monoisotopic (exact) mass is 902 g/mol. The van der Waals surface area contributed by atoms with Crippen LogP contribution in [-0.4, -0.2) is 141 Å². The van der Waals surface area contributed by atoms with E-state index in [2.05, 4.69) is 5.32 Å². The number of hydrogen-bond acceptors (Lipinski definition) is 19. The van der Waals surface area contributed by atoms with Crippen molar-refractivity contribution in [3.05, 3.63) is 34.6 Å². The summed E-state index contributed by atoms with van der Waals surface area (Å²) in [5, 5.41) is 3.22. The zero-order chi connectivity index (χ0) is 43.6. The van der Waals surface area contributed by atoms with Crippen molar-refractivity contribution in [1.82, 2.24) is 8.88 Å². The number of nitrogens with zero attached hydrogens (tertiary/aromatic N) is 1. The molecule has 0 bridgehead atoms. The number of aromatic nitrogens is 1. The second-order valence-corrected chi connectivity index (χ2v) is 15.6. The van der Waals surface area contributed by atoms with Crippen LogP contribution in [0.2, 0.25) is 0 Å². The van der Waals surface area contributed by atoms with Crippen molar-refractivity contribution in [2.24, 2.45) is 0 Å². The first kappa shape index (κ1) is 46.5. The molecule has 0 aliphatic carbocycles. The quantitative estimate of drug-likeness (QED) is 0.127. The summed E-state index contributed by atoms with van der Waals surface area (Å²) in [5.41, 5.74) is -0.146. The average molecular weight is 902 g/mol. The number of carbonyl (C=O) groups is 8. The normalized spacial score (nSPS) is 26.4. The summed E-state index contributed by atoms with van der Waals surface area (Å²) in [7, 11) is 0. The molecule has 1 aromatic heterocycles. The predicted octanol–water partition coefficient (Wildman–Crippen LogP) is -0.425. The maximum atomic E-state index is 13.4. The molecule has 21 nitrogen and oxygen atoms in total. The Morgan fingerprint density at radius 3 is 1.66 bits per heavy atom. The van der Waals surface area contributed by atoms with Crippen molar-refractivity contribution in [3.8, 4) is 0 Å². The molecule has 22 heteroatoms. The summed E-state index contributed by atoms with van der Waals surface area (Å²) in [5.74, 6) is -6.76. The molecule has 2 fully saturated rings. The molecule has 3 heterocycles. The molecule has 10 atom stereocenters. The Kier molecular flexibility index (Phi) is 16.7. The summed E-state index contributed by atoms with van der Waals surface area (Å²) in [6, 6.07) is 7.21. The van der Waals surface area contributed by atoms with Gasteiger partial charge in [-0.3, -0.25) is 24.0 Å². The van der Waals surface area contributed by atoms with Gasteiger partial charge in [-0.25, -0.2) is 0 Å². The van der Waals surface area contributed by atoms with E-state index >= 15 is 0 Å². The van der Waals surface area contributed by atoms with Crippen molar-refractivity contribution in [1.29, 1.82) is 0 Å². The second-order valence-electron chi connectivity index (χ2n) is 13.4. The maximum absolute atomic E-state index is 13.4. The zero-order valence-corrected chi connectivity index (χ0v) is 34.9. The van der Waals surface area contributed by atoms with Crippen molar-refractivity contribution in [3.63, 3.8) is 0 Å². The summed E-state index contributed by atoms with van der Waals surface area (Å²) >= 11 is -0.274. The van der Waals surface area contributed by atoms with E-state index in [1.807, 2.05) is 12.1 Å². The van der Waals surface area contributed by atoms with E-state index in [1.54, 1.807) is 15.7 Å². The molecule has 0 saturated carbocycles. The minimum atomic E-state index is -1.85. The van der Waals surface area contributed by atoms with E-state index in [9.17, 15) is 43.2 Å². The fourth-order valence-electron chi connectivity index (χ4n) is 6.41.